The van der Waals surface area contributed by atoms with Crippen molar-refractivity contribution in [3.63, 3.8) is 0 Å². The van der Waals surface area contributed by atoms with E-state index in [1.54, 1.807) is 6.92 Å². The second-order valence-electron chi connectivity index (χ2n) is 3.79. The first-order chi connectivity index (χ1) is 8.47. The smallest absolute Gasteiger partial charge is 0.255 e. The summed E-state index contributed by atoms with van der Waals surface area (Å²) in [6.07, 6.45) is 0. The highest BCUT2D eigenvalue weighted by molar-refractivity contribution is 6.31. The predicted octanol–water partition coefficient (Wildman–Crippen LogP) is 3.05. The molecule has 1 aromatic carbocycles. The number of hydrogen-bond donors (Lipinski definition) is 0. The van der Waals surface area contributed by atoms with Crippen molar-refractivity contribution in [3.8, 4) is 0 Å². The summed E-state index contributed by atoms with van der Waals surface area (Å²) >= 11 is 11.6. The van der Waals surface area contributed by atoms with Gasteiger partial charge in [0.2, 0.25) is 0 Å². The molecule has 0 aliphatic rings. The molecule has 0 bridgehead atoms. The standard InChI is InChI=1S/C12H9Cl2FN2O/c1-7-16-11(14)5-12(18)17(7)6-8-4-9(15)2-3-10(8)13/h2-5H,6H2,1H3. The minimum atomic E-state index is -0.401. The molecule has 0 spiro atoms. The summed E-state index contributed by atoms with van der Waals surface area (Å²) in [5, 5.41) is 0.539. The van der Waals surface area contributed by atoms with Gasteiger partial charge < -0.3 is 0 Å². The fourth-order valence-corrected chi connectivity index (χ4v) is 2.01. The molecular weight excluding hydrogens is 278 g/mol. The average Bonchev–Trinajstić information content (AvgIpc) is 2.28. The van der Waals surface area contributed by atoms with Gasteiger partial charge in [-0.15, -0.1) is 0 Å². The lowest BCUT2D eigenvalue weighted by Gasteiger charge is -2.10. The van der Waals surface area contributed by atoms with Gasteiger partial charge in [0.05, 0.1) is 6.54 Å². The van der Waals surface area contributed by atoms with Crippen LogP contribution in [-0.4, -0.2) is 9.55 Å². The van der Waals surface area contributed by atoms with E-state index in [0.29, 0.717) is 16.4 Å². The maximum atomic E-state index is 13.1. The zero-order valence-electron chi connectivity index (χ0n) is 9.45. The Labute approximate surface area is 113 Å². The number of rotatable bonds is 2. The van der Waals surface area contributed by atoms with E-state index in [9.17, 15) is 9.18 Å². The molecule has 0 amide bonds. The highest BCUT2D eigenvalue weighted by Gasteiger charge is 2.08. The summed E-state index contributed by atoms with van der Waals surface area (Å²) in [7, 11) is 0. The van der Waals surface area contributed by atoms with Crippen molar-refractivity contribution in [2.45, 2.75) is 13.5 Å². The van der Waals surface area contributed by atoms with Crippen LogP contribution in [-0.2, 0) is 6.54 Å². The van der Waals surface area contributed by atoms with E-state index in [-0.39, 0.29) is 17.3 Å². The van der Waals surface area contributed by atoms with E-state index in [2.05, 4.69) is 4.98 Å². The summed E-state index contributed by atoms with van der Waals surface area (Å²) in [5.74, 6) is 0.0508. The van der Waals surface area contributed by atoms with Gasteiger partial charge in [0.15, 0.2) is 0 Å². The van der Waals surface area contributed by atoms with Crippen LogP contribution >= 0.6 is 23.2 Å². The first kappa shape index (κ1) is 13.1. The predicted molar refractivity (Wildman–Crippen MR) is 68.8 cm³/mol. The number of nitrogens with zero attached hydrogens (tertiary/aromatic N) is 2. The molecule has 3 nitrogen and oxygen atoms in total. The van der Waals surface area contributed by atoms with Crippen LogP contribution in [0.4, 0.5) is 4.39 Å². The summed E-state index contributed by atoms with van der Waals surface area (Å²) in [4.78, 5) is 15.7. The van der Waals surface area contributed by atoms with Crippen molar-refractivity contribution in [2.24, 2.45) is 0 Å². The molecule has 0 saturated carbocycles. The summed E-state index contributed by atoms with van der Waals surface area (Å²) in [5.41, 5.74) is 0.221. The molecule has 0 aliphatic heterocycles. The Kier molecular flexibility index (Phi) is 3.68. The molecular formula is C12H9Cl2FN2O. The molecule has 0 fully saturated rings. The average molecular weight is 287 g/mol. The Bertz CT molecular complexity index is 655. The van der Waals surface area contributed by atoms with E-state index in [1.807, 2.05) is 0 Å². The number of benzene rings is 1. The largest absolute Gasteiger partial charge is 0.292 e. The van der Waals surface area contributed by atoms with Gasteiger partial charge in [0.1, 0.15) is 16.8 Å². The van der Waals surface area contributed by atoms with Gasteiger partial charge in [0.25, 0.3) is 5.56 Å². The molecule has 0 atom stereocenters. The molecule has 94 valence electrons. The fourth-order valence-electron chi connectivity index (χ4n) is 1.61. The number of hydrogen-bond acceptors (Lipinski definition) is 2. The quantitative estimate of drug-likeness (QED) is 0.796. The van der Waals surface area contributed by atoms with Crippen LogP contribution in [0.2, 0.25) is 10.2 Å². The summed E-state index contributed by atoms with van der Waals surface area (Å²) in [6.45, 7) is 1.81. The second kappa shape index (κ2) is 5.08. The Morgan fingerprint density at radius 2 is 2.06 bits per heavy atom. The van der Waals surface area contributed by atoms with E-state index in [0.717, 1.165) is 0 Å². The second-order valence-corrected chi connectivity index (χ2v) is 4.58. The Hall–Kier alpha value is -1.39. The zero-order chi connectivity index (χ0) is 13.3. The van der Waals surface area contributed by atoms with E-state index in [1.165, 1.54) is 28.8 Å². The van der Waals surface area contributed by atoms with Gasteiger partial charge >= 0.3 is 0 Å². The maximum absolute atomic E-state index is 13.1. The zero-order valence-corrected chi connectivity index (χ0v) is 11.0. The molecule has 0 radical (unpaired) electrons. The monoisotopic (exact) mass is 286 g/mol. The van der Waals surface area contributed by atoms with E-state index < -0.39 is 5.82 Å². The van der Waals surface area contributed by atoms with Crippen LogP contribution in [0, 0.1) is 12.7 Å². The number of aromatic nitrogens is 2. The van der Waals surface area contributed by atoms with E-state index in [4.69, 9.17) is 23.2 Å². The lowest BCUT2D eigenvalue weighted by atomic mass is 10.2. The molecule has 18 heavy (non-hydrogen) atoms. The van der Waals surface area contributed by atoms with Crippen LogP contribution < -0.4 is 5.56 Å². The van der Waals surface area contributed by atoms with Gasteiger partial charge in [-0.25, -0.2) is 9.37 Å². The third kappa shape index (κ3) is 2.71. The van der Waals surface area contributed by atoms with Crippen LogP contribution in [0.1, 0.15) is 11.4 Å². The van der Waals surface area contributed by atoms with Crippen LogP contribution in [0.5, 0.6) is 0 Å². The van der Waals surface area contributed by atoms with Gasteiger partial charge in [-0.1, -0.05) is 23.2 Å². The van der Waals surface area contributed by atoms with E-state index >= 15 is 0 Å². The molecule has 2 aromatic rings. The third-order valence-electron chi connectivity index (χ3n) is 2.50. The highest BCUT2D eigenvalue weighted by atomic mass is 35.5. The van der Waals surface area contributed by atoms with Crippen molar-refractivity contribution >= 4 is 23.2 Å². The summed E-state index contributed by atoms with van der Waals surface area (Å²) in [6, 6.07) is 5.22. The molecule has 2 rings (SSSR count). The third-order valence-corrected chi connectivity index (χ3v) is 3.07. The first-order valence-corrected chi connectivity index (χ1v) is 5.91. The molecule has 1 aromatic heterocycles. The lowest BCUT2D eigenvalue weighted by molar-refractivity contribution is 0.620. The molecule has 0 N–H and O–H groups in total. The SMILES string of the molecule is Cc1nc(Cl)cc(=O)n1Cc1cc(F)ccc1Cl. The van der Waals surface area contributed by atoms with Crippen molar-refractivity contribution in [1.29, 1.82) is 0 Å². The van der Waals surface area contributed by atoms with Gasteiger partial charge in [-0.05, 0) is 30.7 Å². The Balaban J connectivity index is 2.46. The Morgan fingerprint density at radius 3 is 2.72 bits per heavy atom. The molecule has 6 heteroatoms. The van der Waals surface area contributed by atoms with Crippen molar-refractivity contribution in [2.75, 3.05) is 0 Å². The van der Waals surface area contributed by atoms with Crippen molar-refractivity contribution in [3.05, 3.63) is 62.0 Å². The van der Waals surface area contributed by atoms with Crippen LogP contribution in [0.25, 0.3) is 0 Å². The van der Waals surface area contributed by atoms with Gasteiger partial charge in [-0.3, -0.25) is 9.36 Å². The number of aryl methyl sites for hydroxylation is 1. The normalized spacial score (nSPS) is 10.7. The first-order valence-electron chi connectivity index (χ1n) is 5.15. The minimum Gasteiger partial charge on any atom is -0.292 e. The van der Waals surface area contributed by atoms with Crippen molar-refractivity contribution < 1.29 is 4.39 Å². The van der Waals surface area contributed by atoms with Crippen LogP contribution in [0.3, 0.4) is 0 Å². The lowest BCUT2D eigenvalue weighted by Crippen LogP contribution is -2.23. The molecule has 1 heterocycles. The fraction of sp³-hybridized carbons (Fsp3) is 0.167. The number of halogens is 3. The molecule has 0 aliphatic carbocycles. The highest BCUT2D eigenvalue weighted by Crippen LogP contribution is 2.18. The molecule has 0 unspecified atom stereocenters. The minimum absolute atomic E-state index is 0.138. The maximum Gasteiger partial charge on any atom is 0.255 e. The summed E-state index contributed by atoms with van der Waals surface area (Å²) < 4.78 is 14.5. The van der Waals surface area contributed by atoms with Gasteiger partial charge in [-0.2, -0.15) is 0 Å². The Morgan fingerprint density at radius 1 is 1.33 bits per heavy atom. The van der Waals surface area contributed by atoms with Gasteiger partial charge in [0, 0.05) is 11.1 Å². The molecule has 0 saturated heterocycles. The van der Waals surface area contributed by atoms with Crippen LogP contribution in [0.15, 0.2) is 29.1 Å². The van der Waals surface area contributed by atoms with Crippen molar-refractivity contribution in [1.82, 2.24) is 9.55 Å². The topological polar surface area (TPSA) is 34.9 Å².